The van der Waals surface area contributed by atoms with Crippen LogP contribution in [0.5, 0.6) is 0 Å². The molecule has 0 aliphatic heterocycles. The summed E-state index contributed by atoms with van der Waals surface area (Å²) in [6.45, 7) is 2.62. The lowest BCUT2D eigenvalue weighted by Gasteiger charge is -2.18. The number of likely N-dealkylation sites (N-methyl/N-ethyl adjacent to an activating group) is 1. The van der Waals surface area contributed by atoms with Crippen LogP contribution in [0.15, 0.2) is 53.9 Å². The third kappa shape index (κ3) is 4.95. The third-order valence-electron chi connectivity index (χ3n) is 4.52. The number of nitrogens with zero attached hydrogens (tertiary/aromatic N) is 3. The van der Waals surface area contributed by atoms with Crippen molar-refractivity contribution >= 4 is 22.9 Å². The molecule has 0 aliphatic carbocycles. The van der Waals surface area contributed by atoms with Crippen LogP contribution in [0, 0.1) is 6.92 Å². The second-order valence-corrected chi connectivity index (χ2v) is 8.00. The molecular formula is C22H25N3OS. The molecule has 0 radical (unpaired) electrons. The molecule has 0 fully saturated rings. The number of rotatable bonds is 6. The summed E-state index contributed by atoms with van der Waals surface area (Å²) in [5, 5.41) is 3.12. The van der Waals surface area contributed by atoms with E-state index in [1.807, 2.05) is 52.3 Å². The summed E-state index contributed by atoms with van der Waals surface area (Å²) in [5.74, 6) is 0.115. The molecule has 0 N–H and O–H groups in total. The zero-order valence-electron chi connectivity index (χ0n) is 16.3. The van der Waals surface area contributed by atoms with Crippen LogP contribution in [-0.4, -0.2) is 36.9 Å². The Labute approximate surface area is 165 Å². The Morgan fingerprint density at radius 3 is 2.15 bits per heavy atom. The molecule has 1 aromatic heterocycles. The van der Waals surface area contributed by atoms with Gasteiger partial charge in [-0.15, -0.1) is 11.3 Å². The highest BCUT2D eigenvalue weighted by molar-refractivity contribution is 7.09. The molecule has 3 aromatic rings. The van der Waals surface area contributed by atoms with Gasteiger partial charge in [-0.25, -0.2) is 4.98 Å². The number of anilines is 1. The summed E-state index contributed by atoms with van der Waals surface area (Å²) in [4.78, 5) is 20.9. The van der Waals surface area contributed by atoms with E-state index in [4.69, 9.17) is 0 Å². The van der Waals surface area contributed by atoms with E-state index >= 15 is 0 Å². The molecule has 0 unspecified atom stereocenters. The van der Waals surface area contributed by atoms with E-state index in [0.29, 0.717) is 13.0 Å². The van der Waals surface area contributed by atoms with Gasteiger partial charge >= 0.3 is 0 Å². The minimum Gasteiger partial charge on any atom is -0.378 e. The Bertz CT molecular complexity index is 898. The zero-order valence-corrected chi connectivity index (χ0v) is 17.1. The molecule has 0 saturated carbocycles. The molecule has 140 valence electrons. The topological polar surface area (TPSA) is 36.4 Å². The second kappa shape index (κ2) is 8.35. The first-order chi connectivity index (χ1) is 12.9. The van der Waals surface area contributed by atoms with E-state index in [1.165, 1.54) is 0 Å². The minimum atomic E-state index is 0.115. The second-order valence-electron chi connectivity index (χ2n) is 6.94. The molecule has 1 heterocycles. The Morgan fingerprint density at radius 1 is 0.963 bits per heavy atom. The summed E-state index contributed by atoms with van der Waals surface area (Å²) in [6, 6.07) is 16.4. The van der Waals surface area contributed by atoms with Crippen LogP contribution >= 0.6 is 11.3 Å². The summed E-state index contributed by atoms with van der Waals surface area (Å²) in [6.07, 6.45) is 0.405. The number of amides is 1. The maximum absolute atomic E-state index is 12.6. The highest BCUT2D eigenvalue weighted by atomic mass is 32.1. The maximum atomic E-state index is 12.6. The lowest BCUT2D eigenvalue weighted by Crippen LogP contribution is -2.27. The Balaban J connectivity index is 1.59. The van der Waals surface area contributed by atoms with Crippen LogP contribution < -0.4 is 4.90 Å². The molecule has 2 aromatic carbocycles. The largest absolute Gasteiger partial charge is 0.378 e. The van der Waals surface area contributed by atoms with Gasteiger partial charge in [0.15, 0.2) is 0 Å². The van der Waals surface area contributed by atoms with Crippen LogP contribution in [0.1, 0.15) is 16.1 Å². The van der Waals surface area contributed by atoms with Crippen molar-refractivity contribution in [3.05, 3.63) is 70.0 Å². The lowest BCUT2D eigenvalue weighted by atomic mass is 10.1. The van der Waals surface area contributed by atoms with Crippen molar-refractivity contribution in [1.29, 1.82) is 0 Å². The number of hydrogen-bond acceptors (Lipinski definition) is 4. The SMILES string of the molecule is Cc1nc(-c2ccc(CC(=O)N(C)Cc3ccc(N(C)C)cc3)cc2)cs1. The average Bonchev–Trinajstić information content (AvgIpc) is 3.09. The van der Waals surface area contributed by atoms with Crippen molar-refractivity contribution in [2.45, 2.75) is 19.9 Å². The molecule has 0 aliphatic rings. The van der Waals surface area contributed by atoms with Gasteiger partial charge in [0.1, 0.15) is 0 Å². The number of carbonyl (C=O) groups excluding carboxylic acids is 1. The van der Waals surface area contributed by atoms with Crippen molar-refractivity contribution in [2.75, 3.05) is 26.0 Å². The van der Waals surface area contributed by atoms with E-state index in [2.05, 4.69) is 39.5 Å². The number of benzene rings is 2. The number of aryl methyl sites for hydroxylation is 1. The molecule has 27 heavy (non-hydrogen) atoms. The third-order valence-corrected chi connectivity index (χ3v) is 5.30. The van der Waals surface area contributed by atoms with Gasteiger partial charge in [0.2, 0.25) is 5.91 Å². The minimum absolute atomic E-state index is 0.115. The standard InChI is InChI=1S/C22H25N3OS/c1-16-23-21(15-27-16)19-9-5-17(6-10-19)13-22(26)25(4)14-18-7-11-20(12-8-18)24(2)3/h5-12,15H,13-14H2,1-4H3. The summed E-state index contributed by atoms with van der Waals surface area (Å²) < 4.78 is 0. The molecule has 0 spiro atoms. The van der Waals surface area contributed by atoms with Gasteiger partial charge in [0.25, 0.3) is 0 Å². The molecule has 1 amide bonds. The Kier molecular flexibility index (Phi) is 5.91. The first-order valence-electron chi connectivity index (χ1n) is 8.94. The van der Waals surface area contributed by atoms with Crippen molar-refractivity contribution in [2.24, 2.45) is 0 Å². The van der Waals surface area contributed by atoms with Crippen LogP contribution in [0.2, 0.25) is 0 Å². The van der Waals surface area contributed by atoms with Gasteiger partial charge < -0.3 is 9.80 Å². The Hall–Kier alpha value is -2.66. The van der Waals surface area contributed by atoms with E-state index in [0.717, 1.165) is 33.1 Å². The van der Waals surface area contributed by atoms with E-state index in [9.17, 15) is 4.79 Å². The molecule has 0 bridgehead atoms. The number of hydrogen-bond donors (Lipinski definition) is 0. The van der Waals surface area contributed by atoms with Crippen molar-refractivity contribution < 1.29 is 4.79 Å². The lowest BCUT2D eigenvalue weighted by molar-refractivity contribution is -0.129. The molecule has 3 rings (SSSR count). The van der Waals surface area contributed by atoms with Crippen molar-refractivity contribution in [3.8, 4) is 11.3 Å². The number of carbonyl (C=O) groups is 1. The van der Waals surface area contributed by atoms with Gasteiger partial charge in [-0.05, 0) is 30.2 Å². The van der Waals surface area contributed by atoms with Crippen molar-refractivity contribution in [1.82, 2.24) is 9.88 Å². The van der Waals surface area contributed by atoms with Gasteiger partial charge in [-0.2, -0.15) is 0 Å². The first-order valence-corrected chi connectivity index (χ1v) is 9.82. The quantitative estimate of drug-likeness (QED) is 0.637. The monoisotopic (exact) mass is 379 g/mol. The van der Waals surface area contributed by atoms with E-state index in [1.54, 1.807) is 16.2 Å². The normalized spacial score (nSPS) is 10.7. The summed E-state index contributed by atoms with van der Waals surface area (Å²) in [5.41, 5.74) is 5.39. The van der Waals surface area contributed by atoms with Crippen LogP contribution in [-0.2, 0) is 17.8 Å². The number of aromatic nitrogens is 1. The molecule has 0 atom stereocenters. The fraction of sp³-hybridized carbons (Fsp3) is 0.273. The predicted molar refractivity (Wildman–Crippen MR) is 113 cm³/mol. The summed E-state index contributed by atoms with van der Waals surface area (Å²) >= 11 is 1.65. The van der Waals surface area contributed by atoms with Crippen LogP contribution in [0.25, 0.3) is 11.3 Å². The Morgan fingerprint density at radius 2 is 1.59 bits per heavy atom. The van der Waals surface area contributed by atoms with E-state index in [-0.39, 0.29) is 5.91 Å². The summed E-state index contributed by atoms with van der Waals surface area (Å²) in [7, 11) is 5.89. The predicted octanol–water partition coefficient (Wildman–Crippen LogP) is 4.39. The van der Waals surface area contributed by atoms with Crippen LogP contribution in [0.4, 0.5) is 5.69 Å². The molecular weight excluding hydrogens is 354 g/mol. The van der Waals surface area contributed by atoms with Gasteiger partial charge in [0.05, 0.1) is 17.1 Å². The van der Waals surface area contributed by atoms with Crippen molar-refractivity contribution in [3.63, 3.8) is 0 Å². The number of thiazole rings is 1. The fourth-order valence-electron chi connectivity index (χ4n) is 2.86. The smallest absolute Gasteiger partial charge is 0.227 e. The average molecular weight is 380 g/mol. The maximum Gasteiger partial charge on any atom is 0.227 e. The highest BCUT2D eigenvalue weighted by Gasteiger charge is 2.11. The fourth-order valence-corrected chi connectivity index (χ4v) is 3.48. The highest BCUT2D eigenvalue weighted by Crippen LogP contribution is 2.22. The van der Waals surface area contributed by atoms with Gasteiger partial charge in [-0.1, -0.05) is 36.4 Å². The zero-order chi connectivity index (χ0) is 19.4. The molecule has 0 saturated heterocycles. The van der Waals surface area contributed by atoms with Gasteiger partial charge in [-0.3, -0.25) is 4.79 Å². The van der Waals surface area contributed by atoms with E-state index < -0.39 is 0 Å². The van der Waals surface area contributed by atoms with Crippen LogP contribution in [0.3, 0.4) is 0 Å². The van der Waals surface area contributed by atoms with Gasteiger partial charge in [0, 0.05) is 44.3 Å². The molecule has 5 heteroatoms. The molecule has 4 nitrogen and oxygen atoms in total. The first kappa shape index (κ1) is 19.1.